The van der Waals surface area contributed by atoms with Gasteiger partial charge in [-0.3, -0.25) is 0 Å². The van der Waals surface area contributed by atoms with Crippen LogP contribution in [0.2, 0.25) is 0 Å². The van der Waals surface area contributed by atoms with E-state index in [1.807, 2.05) is 7.05 Å². The van der Waals surface area contributed by atoms with E-state index in [0.29, 0.717) is 18.6 Å². The minimum absolute atomic E-state index is 0.385. The van der Waals surface area contributed by atoms with Crippen LogP contribution < -0.4 is 5.32 Å². The maximum atomic E-state index is 8.83. The molecular weight excluding hydrogens is 126 g/mol. The molecule has 0 unspecified atom stereocenters. The Morgan fingerprint density at radius 2 is 1.90 bits per heavy atom. The summed E-state index contributed by atoms with van der Waals surface area (Å²) < 4.78 is 0. The third-order valence-corrected chi connectivity index (χ3v) is 2.51. The molecule has 1 aliphatic rings. The van der Waals surface area contributed by atoms with Crippen LogP contribution in [-0.4, -0.2) is 24.8 Å². The number of rotatable bonds is 2. The van der Waals surface area contributed by atoms with Crippen molar-refractivity contribution < 1.29 is 5.11 Å². The quantitative estimate of drug-likeness (QED) is 0.598. The van der Waals surface area contributed by atoms with Crippen LogP contribution in [0.15, 0.2) is 0 Å². The lowest BCUT2D eigenvalue weighted by Crippen LogP contribution is -2.30. The van der Waals surface area contributed by atoms with E-state index in [-0.39, 0.29) is 0 Å². The Bertz CT molecular complexity index is 75.3. The average Bonchev–Trinajstić information content (AvgIpc) is 2.05. The first-order valence-corrected chi connectivity index (χ1v) is 4.15. The summed E-state index contributed by atoms with van der Waals surface area (Å²) in [4.78, 5) is 0. The van der Waals surface area contributed by atoms with Crippen LogP contribution in [-0.2, 0) is 0 Å². The van der Waals surface area contributed by atoms with E-state index in [9.17, 15) is 0 Å². The van der Waals surface area contributed by atoms with Gasteiger partial charge < -0.3 is 10.4 Å². The maximum absolute atomic E-state index is 8.83. The molecule has 1 saturated carbocycles. The molecule has 0 atom stereocenters. The molecule has 0 aromatic heterocycles. The van der Waals surface area contributed by atoms with Gasteiger partial charge in [0, 0.05) is 12.6 Å². The molecule has 1 rings (SSSR count). The zero-order valence-corrected chi connectivity index (χ0v) is 6.64. The van der Waals surface area contributed by atoms with Crippen LogP contribution in [0.25, 0.3) is 0 Å². The molecule has 1 fully saturated rings. The molecule has 2 N–H and O–H groups in total. The third kappa shape index (κ3) is 1.96. The summed E-state index contributed by atoms with van der Waals surface area (Å²) >= 11 is 0. The van der Waals surface area contributed by atoms with Gasteiger partial charge in [-0.25, -0.2) is 0 Å². The third-order valence-electron chi connectivity index (χ3n) is 2.51. The predicted molar refractivity (Wildman–Crippen MR) is 41.9 cm³/mol. The molecule has 0 aliphatic heterocycles. The Hall–Kier alpha value is -0.0800. The van der Waals surface area contributed by atoms with Crippen molar-refractivity contribution in [2.75, 3.05) is 13.7 Å². The number of hydrogen-bond donors (Lipinski definition) is 2. The fourth-order valence-electron chi connectivity index (χ4n) is 1.63. The van der Waals surface area contributed by atoms with Gasteiger partial charge in [0.2, 0.25) is 0 Å². The van der Waals surface area contributed by atoms with E-state index in [1.54, 1.807) is 0 Å². The zero-order valence-electron chi connectivity index (χ0n) is 6.64. The van der Waals surface area contributed by atoms with Crippen LogP contribution >= 0.6 is 0 Å². The molecule has 1 aliphatic carbocycles. The van der Waals surface area contributed by atoms with Crippen LogP contribution in [0.1, 0.15) is 25.7 Å². The Labute approximate surface area is 62.6 Å². The minimum atomic E-state index is 0.385. The van der Waals surface area contributed by atoms with Gasteiger partial charge in [-0.2, -0.15) is 0 Å². The van der Waals surface area contributed by atoms with E-state index < -0.39 is 0 Å². The van der Waals surface area contributed by atoms with Gasteiger partial charge in [0.15, 0.2) is 0 Å². The first kappa shape index (κ1) is 8.02. The number of aliphatic hydroxyl groups is 1. The summed E-state index contributed by atoms with van der Waals surface area (Å²) in [6, 6.07) is 0.711. The highest BCUT2D eigenvalue weighted by atomic mass is 16.3. The molecule has 0 spiro atoms. The first-order valence-electron chi connectivity index (χ1n) is 4.15. The predicted octanol–water partition coefficient (Wildman–Crippen LogP) is 0.757. The minimum Gasteiger partial charge on any atom is -0.396 e. The smallest absolute Gasteiger partial charge is 0.0459 e. The Kier molecular flexibility index (Phi) is 3.16. The van der Waals surface area contributed by atoms with E-state index in [0.717, 1.165) is 0 Å². The molecule has 2 nitrogen and oxygen atoms in total. The summed E-state index contributed by atoms with van der Waals surface area (Å²) in [6.07, 6.45) is 4.87. The first-order chi connectivity index (χ1) is 4.86. The second-order valence-corrected chi connectivity index (χ2v) is 3.19. The molecule has 0 heterocycles. The van der Waals surface area contributed by atoms with Crippen molar-refractivity contribution in [3.05, 3.63) is 0 Å². The average molecular weight is 143 g/mol. The van der Waals surface area contributed by atoms with E-state index in [1.165, 1.54) is 25.7 Å². The molecule has 0 aromatic carbocycles. The normalized spacial score (nSPS) is 34.2. The van der Waals surface area contributed by atoms with Crippen molar-refractivity contribution in [2.24, 2.45) is 5.92 Å². The van der Waals surface area contributed by atoms with Gasteiger partial charge in [-0.1, -0.05) is 0 Å². The van der Waals surface area contributed by atoms with Crippen molar-refractivity contribution in [1.82, 2.24) is 5.32 Å². The van der Waals surface area contributed by atoms with Gasteiger partial charge >= 0.3 is 0 Å². The van der Waals surface area contributed by atoms with E-state index in [2.05, 4.69) is 5.32 Å². The van der Waals surface area contributed by atoms with Gasteiger partial charge in [-0.15, -0.1) is 0 Å². The van der Waals surface area contributed by atoms with Gasteiger partial charge in [0.1, 0.15) is 0 Å². The van der Waals surface area contributed by atoms with Gasteiger partial charge in [-0.05, 0) is 38.6 Å². The lowest BCUT2D eigenvalue weighted by molar-refractivity contribution is 0.177. The lowest BCUT2D eigenvalue weighted by Gasteiger charge is -2.26. The zero-order chi connectivity index (χ0) is 7.40. The summed E-state index contributed by atoms with van der Waals surface area (Å²) in [7, 11) is 2.02. The second kappa shape index (κ2) is 3.94. The molecule has 2 heteroatoms. The SMILES string of the molecule is CNC1CCC(CO)CC1. The van der Waals surface area contributed by atoms with Crippen LogP contribution in [0, 0.1) is 5.92 Å². The van der Waals surface area contributed by atoms with Crippen molar-refractivity contribution in [1.29, 1.82) is 0 Å². The van der Waals surface area contributed by atoms with Crippen molar-refractivity contribution in [3.63, 3.8) is 0 Å². The van der Waals surface area contributed by atoms with Crippen LogP contribution in [0.3, 0.4) is 0 Å². The van der Waals surface area contributed by atoms with Crippen LogP contribution in [0.4, 0.5) is 0 Å². The summed E-state index contributed by atoms with van der Waals surface area (Å²) in [5, 5.41) is 12.1. The van der Waals surface area contributed by atoms with Gasteiger partial charge in [0.05, 0.1) is 0 Å². The molecular formula is C8H17NO. The summed E-state index contributed by atoms with van der Waals surface area (Å²) in [6.45, 7) is 0.385. The van der Waals surface area contributed by atoms with Crippen molar-refractivity contribution in [3.8, 4) is 0 Å². The van der Waals surface area contributed by atoms with E-state index >= 15 is 0 Å². The largest absolute Gasteiger partial charge is 0.396 e. The fourth-order valence-corrected chi connectivity index (χ4v) is 1.63. The maximum Gasteiger partial charge on any atom is 0.0459 e. The molecule has 0 bridgehead atoms. The van der Waals surface area contributed by atoms with Crippen molar-refractivity contribution >= 4 is 0 Å². The number of aliphatic hydroxyl groups excluding tert-OH is 1. The molecule has 0 amide bonds. The monoisotopic (exact) mass is 143 g/mol. The van der Waals surface area contributed by atoms with Crippen molar-refractivity contribution in [2.45, 2.75) is 31.7 Å². The molecule has 0 radical (unpaired) electrons. The summed E-state index contributed by atoms with van der Waals surface area (Å²) in [5.41, 5.74) is 0. The number of nitrogens with one attached hydrogen (secondary N) is 1. The Balaban J connectivity index is 2.17. The highest BCUT2D eigenvalue weighted by Gasteiger charge is 2.18. The molecule has 60 valence electrons. The standard InChI is InChI=1S/C8H17NO/c1-9-8-4-2-7(6-10)3-5-8/h7-10H,2-6H2,1H3. The highest BCUT2D eigenvalue weighted by Crippen LogP contribution is 2.23. The Morgan fingerprint density at radius 1 is 1.30 bits per heavy atom. The summed E-state index contributed by atoms with van der Waals surface area (Å²) in [5.74, 6) is 0.588. The molecule has 0 saturated heterocycles. The fraction of sp³-hybridized carbons (Fsp3) is 1.00. The topological polar surface area (TPSA) is 32.3 Å². The highest BCUT2D eigenvalue weighted by molar-refractivity contribution is 4.75. The Morgan fingerprint density at radius 3 is 2.30 bits per heavy atom. The lowest BCUT2D eigenvalue weighted by atomic mass is 9.87. The molecule has 0 aromatic rings. The van der Waals surface area contributed by atoms with Gasteiger partial charge in [0.25, 0.3) is 0 Å². The van der Waals surface area contributed by atoms with Crippen LogP contribution in [0.5, 0.6) is 0 Å². The second-order valence-electron chi connectivity index (χ2n) is 3.19. The molecule has 10 heavy (non-hydrogen) atoms. The number of hydrogen-bond acceptors (Lipinski definition) is 2. The van der Waals surface area contributed by atoms with E-state index in [4.69, 9.17) is 5.11 Å².